The molecule has 0 amide bonds. The number of rotatable bonds is 4. The van der Waals surface area contributed by atoms with Crippen LogP contribution >= 0.6 is 11.6 Å². The molecule has 0 saturated carbocycles. The van der Waals surface area contributed by atoms with Crippen molar-refractivity contribution in [2.75, 3.05) is 11.9 Å². The molecular weight excluding hydrogens is 330 g/mol. The molecule has 1 N–H and O–H groups in total. The molecule has 0 atom stereocenters. The number of aryl methyl sites for hydroxylation is 2. The van der Waals surface area contributed by atoms with E-state index in [9.17, 15) is 4.79 Å². The van der Waals surface area contributed by atoms with E-state index in [4.69, 9.17) is 16.3 Å². The lowest BCUT2D eigenvalue weighted by atomic mass is 10.1. The van der Waals surface area contributed by atoms with E-state index in [0.717, 1.165) is 16.6 Å². The van der Waals surface area contributed by atoms with Crippen LogP contribution < -0.4 is 5.32 Å². The van der Waals surface area contributed by atoms with E-state index < -0.39 is 0 Å². The minimum Gasteiger partial charge on any atom is -0.462 e. The zero-order valence-corrected chi connectivity index (χ0v) is 14.3. The first-order valence-corrected chi connectivity index (χ1v) is 7.77. The molecule has 0 bridgehead atoms. The van der Waals surface area contributed by atoms with E-state index in [1.807, 2.05) is 13.0 Å². The maximum absolute atomic E-state index is 11.9. The van der Waals surface area contributed by atoms with Crippen molar-refractivity contribution < 1.29 is 9.53 Å². The molecule has 0 aliphatic rings. The van der Waals surface area contributed by atoms with E-state index in [2.05, 4.69) is 20.4 Å². The topological polar surface area (TPSA) is 81.9 Å². The van der Waals surface area contributed by atoms with Crippen LogP contribution in [0.15, 0.2) is 24.4 Å². The smallest absolute Gasteiger partial charge is 0.338 e. The summed E-state index contributed by atoms with van der Waals surface area (Å²) in [6.07, 6.45) is 1.62. The minimum absolute atomic E-state index is 0.164. The van der Waals surface area contributed by atoms with E-state index in [1.54, 1.807) is 37.0 Å². The van der Waals surface area contributed by atoms with Gasteiger partial charge in [-0.3, -0.25) is 0 Å². The van der Waals surface area contributed by atoms with Gasteiger partial charge in [-0.2, -0.15) is 10.1 Å². The molecule has 1 aromatic carbocycles. The standard InChI is InChI=1S/C16H16ClN5O2/c1-4-24-15(23)10-6-5-9(2)12(7-10)19-13-11-8-18-16(17)20-14(11)22(3)21-13/h5-8H,4H2,1-3H3,(H,19,21). The van der Waals surface area contributed by atoms with Gasteiger partial charge in [0.05, 0.1) is 17.6 Å². The number of fused-ring (bicyclic) bond motifs is 1. The van der Waals surface area contributed by atoms with E-state index >= 15 is 0 Å². The van der Waals surface area contributed by atoms with Gasteiger partial charge < -0.3 is 10.1 Å². The zero-order chi connectivity index (χ0) is 17.3. The lowest BCUT2D eigenvalue weighted by molar-refractivity contribution is 0.0526. The Kier molecular flexibility index (Phi) is 4.35. The van der Waals surface area contributed by atoms with Crippen LogP contribution in [0.1, 0.15) is 22.8 Å². The maximum atomic E-state index is 11.9. The number of hydrogen-bond donors (Lipinski definition) is 1. The van der Waals surface area contributed by atoms with Crippen LogP contribution in [0.25, 0.3) is 11.0 Å². The van der Waals surface area contributed by atoms with Crippen LogP contribution in [0.2, 0.25) is 5.28 Å². The third-order valence-corrected chi connectivity index (χ3v) is 3.73. The average molecular weight is 346 g/mol. The van der Waals surface area contributed by atoms with Crippen LogP contribution in [0.3, 0.4) is 0 Å². The van der Waals surface area contributed by atoms with Crippen molar-refractivity contribution in [3.8, 4) is 0 Å². The highest BCUT2D eigenvalue weighted by molar-refractivity contribution is 6.28. The maximum Gasteiger partial charge on any atom is 0.338 e. The van der Waals surface area contributed by atoms with Crippen LogP contribution in [-0.2, 0) is 11.8 Å². The molecule has 0 spiro atoms. The first-order chi connectivity index (χ1) is 11.5. The Bertz CT molecular complexity index is 922. The number of carbonyl (C=O) groups is 1. The molecule has 0 radical (unpaired) electrons. The predicted octanol–water partition coefficient (Wildman–Crippen LogP) is 3.25. The SMILES string of the molecule is CCOC(=O)c1ccc(C)c(Nc2nn(C)c3nc(Cl)ncc23)c1. The monoisotopic (exact) mass is 345 g/mol. The fraction of sp³-hybridized carbons (Fsp3) is 0.250. The second kappa shape index (κ2) is 6.45. The third-order valence-electron chi connectivity index (χ3n) is 3.55. The molecule has 3 aromatic rings. The number of ether oxygens (including phenoxy) is 1. The average Bonchev–Trinajstić information content (AvgIpc) is 2.85. The predicted molar refractivity (Wildman–Crippen MR) is 91.7 cm³/mol. The number of aromatic nitrogens is 4. The van der Waals surface area contributed by atoms with Gasteiger partial charge in [0.15, 0.2) is 11.5 Å². The molecule has 0 fully saturated rings. The fourth-order valence-corrected chi connectivity index (χ4v) is 2.46. The number of carbonyl (C=O) groups excluding carboxylic acids is 1. The summed E-state index contributed by atoms with van der Waals surface area (Å²) >= 11 is 5.84. The van der Waals surface area contributed by atoms with Crippen molar-refractivity contribution in [2.24, 2.45) is 7.05 Å². The third kappa shape index (κ3) is 3.03. The van der Waals surface area contributed by atoms with Gasteiger partial charge in [0.25, 0.3) is 0 Å². The number of anilines is 2. The van der Waals surface area contributed by atoms with Crippen LogP contribution in [0.4, 0.5) is 11.5 Å². The van der Waals surface area contributed by atoms with Gasteiger partial charge in [0.1, 0.15) is 0 Å². The van der Waals surface area contributed by atoms with Gasteiger partial charge in [0, 0.05) is 18.9 Å². The quantitative estimate of drug-likeness (QED) is 0.577. The highest BCUT2D eigenvalue weighted by atomic mass is 35.5. The summed E-state index contributed by atoms with van der Waals surface area (Å²) in [5, 5.41) is 8.54. The minimum atomic E-state index is -0.360. The van der Waals surface area contributed by atoms with Crippen molar-refractivity contribution >= 4 is 40.1 Å². The van der Waals surface area contributed by atoms with E-state index in [1.165, 1.54) is 0 Å². The van der Waals surface area contributed by atoms with Crippen molar-refractivity contribution in [3.63, 3.8) is 0 Å². The van der Waals surface area contributed by atoms with Gasteiger partial charge in [-0.1, -0.05) is 6.07 Å². The second-order valence-electron chi connectivity index (χ2n) is 5.22. The number of halogens is 1. The summed E-state index contributed by atoms with van der Waals surface area (Å²) in [5.41, 5.74) is 2.83. The Morgan fingerprint density at radius 2 is 2.21 bits per heavy atom. The summed E-state index contributed by atoms with van der Waals surface area (Å²) < 4.78 is 6.66. The Balaban J connectivity index is 1.99. The lowest BCUT2D eigenvalue weighted by Crippen LogP contribution is -2.06. The number of esters is 1. The molecule has 0 saturated heterocycles. The van der Waals surface area contributed by atoms with Gasteiger partial charge in [-0.25, -0.2) is 14.5 Å². The van der Waals surface area contributed by atoms with Gasteiger partial charge >= 0.3 is 5.97 Å². The summed E-state index contributed by atoms with van der Waals surface area (Å²) in [4.78, 5) is 20.1. The molecule has 2 aromatic heterocycles. The summed E-state index contributed by atoms with van der Waals surface area (Å²) in [5.74, 6) is 0.231. The zero-order valence-electron chi connectivity index (χ0n) is 13.5. The Labute approximate surface area is 143 Å². The molecule has 7 nitrogen and oxygen atoms in total. The van der Waals surface area contributed by atoms with Crippen molar-refractivity contribution in [1.82, 2.24) is 19.7 Å². The molecule has 0 aliphatic heterocycles. The molecular formula is C16H16ClN5O2. The highest BCUT2D eigenvalue weighted by Crippen LogP contribution is 2.27. The second-order valence-corrected chi connectivity index (χ2v) is 5.56. The van der Waals surface area contributed by atoms with Crippen molar-refractivity contribution in [2.45, 2.75) is 13.8 Å². The Morgan fingerprint density at radius 1 is 1.42 bits per heavy atom. The molecule has 2 heterocycles. The van der Waals surface area contributed by atoms with Crippen molar-refractivity contribution in [3.05, 3.63) is 40.8 Å². The van der Waals surface area contributed by atoms with Crippen LogP contribution in [0.5, 0.6) is 0 Å². The van der Waals surface area contributed by atoms with Crippen LogP contribution in [0, 0.1) is 6.92 Å². The molecule has 0 aliphatic carbocycles. The number of benzene rings is 1. The van der Waals surface area contributed by atoms with Crippen molar-refractivity contribution in [1.29, 1.82) is 0 Å². The molecule has 124 valence electrons. The first kappa shape index (κ1) is 16.2. The van der Waals surface area contributed by atoms with E-state index in [-0.39, 0.29) is 11.3 Å². The Hall–Kier alpha value is -2.67. The summed E-state index contributed by atoms with van der Waals surface area (Å²) in [6, 6.07) is 5.33. The fourth-order valence-electron chi connectivity index (χ4n) is 2.33. The largest absolute Gasteiger partial charge is 0.462 e. The summed E-state index contributed by atoms with van der Waals surface area (Å²) in [7, 11) is 1.78. The number of hydrogen-bond acceptors (Lipinski definition) is 6. The van der Waals surface area contributed by atoms with Gasteiger partial charge in [0.2, 0.25) is 5.28 Å². The van der Waals surface area contributed by atoms with Crippen LogP contribution in [-0.4, -0.2) is 32.3 Å². The normalized spacial score (nSPS) is 10.8. The van der Waals surface area contributed by atoms with Gasteiger partial charge in [-0.15, -0.1) is 0 Å². The van der Waals surface area contributed by atoms with Gasteiger partial charge in [-0.05, 0) is 43.1 Å². The summed E-state index contributed by atoms with van der Waals surface area (Å²) in [6.45, 7) is 4.05. The molecule has 3 rings (SSSR count). The van der Waals surface area contributed by atoms with E-state index in [0.29, 0.717) is 23.6 Å². The lowest BCUT2D eigenvalue weighted by Gasteiger charge is -2.09. The number of nitrogens with one attached hydrogen (secondary N) is 1. The highest BCUT2D eigenvalue weighted by Gasteiger charge is 2.14. The molecule has 24 heavy (non-hydrogen) atoms. The Morgan fingerprint density at radius 3 is 2.96 bits per heavy atom. The molecule has 0 unspecified atom stereocenters. The first-order valence-electron chi connectivity index (χ1n) is 7.39. The molecule has 8 heteroatoms. The number of nitrogens with zero attached hydrogens (tertiary/aromatic N) is 4.